The zero-order valence-corrected chi connectivity index (χ0v) is 22.8. The highest BCUT2D eigenvalue weighted by atomic mass is 16.4. The molecule has 4 atom stereocenters. The third-order valence-corrected chi connectivity index (χ3v) is 6.25. The van der Waals surface area contributed by atoms with E-state index in [0.717, 1.165) is 5.56 Å². The standard InChI is InChI=1S/C28H36N6O8/c29-19(14-16-4-2-1-3-5-16)25(38)34-22(15-17-6-8-18(35)9-7-17)27(40)32-20(10-12-23(30)36)26(39)33-21(28(41)42)11-13-24(31)37/h1-9,19-22,35H,10-15,29H2,(H2,30,36)(H2,31,37)(H,32,40)(H,33,39)(H,34,38)(H,41,42). The summed E-state index contributed by atoms with van der Waals surface area (Å²) in [6, 6.07) is 9.68. The molecule has 0 bridgehead atoms. The predicted octanol–water partition coefficient (Wildman–Crippen LogP) is -1.43. The lowest BCUT2D eigenvalue weighted by Gasteiger charge is -2.25. The van der Waals surface area contributed by atoms with Gasteiger partial charge in [-0.3, -0.25) is 24.0 Å². The van der Waals surface area contributed by atoms with Gasteiger partial charge in [0.25, 0.3) is 0 Å². The third kappa shape index (κ3) is 11.6. The number of phenols is 1. The summed E-state index contributed by atoms with van der Waals surface area (Å²) >= 11 is 0. The Balaban J connectivity index is 2.25. The van der Waals surface area contributed by atoms with Crippen LogP contribution in [0.25, 0.3) is 0 Å². The van der Waals surface area contributed by atoms with E-state index in [2.05, 4.69) is 16.0 Å². The Hall–Kier alpha value is -4.98. The van der Waals surface area contributed by atoms with Crippen molar-refractivity contribution in [2.24, 2.45) is 17.2 Å². The Morgan fingerprint density at radius 2 is 1.12 bits per heavy atom. The van der Waals surface area contributed by atoms with Crippen LogP contribution in [0, 0.1) is 0 Å². The number of primary amides is 2. The fourth-order valence-electron chi connectivity index (χ4n) is 3.96. The summed E-state index contributed by atoms with van der Waals surface area (Å²) in [6.45, 7) is 0. The zero-order valence-electron chi connectivity index (χ0n) is 22.8. The number of hydrogen-bond donors (Lipinski definition) is 8. The lowest BCUT2D eigenvalue weighted by molar-refractivity contribution is -0.142. The number of rotatable bonds is 17. The summed E-state index contributed by atoms with van der Waals surface area (Å²) in [5, 5.41) is 26.3. The van der Waals surface area contributed by atoms with Gasteiger partial charge in [0.15, 0.2) is 0 Å². The maximum atomic E-state index is 13.4. The first kappa shape index (κ1) is 33.2. The number of nitrogens with two attached hydrogens (primary N) is 3. The van der Waals surface area contributed by atoms with Crippen LogP contribution in [-0.4, -0.2) is 69.9 Å². The van der Waals surface area contributed by atoms with Crippen LogP contribution in [0.2, 0.25) is 0 Å². The van der Waals surface area contributed by atoms with Crippen molar-refractivity contribution in [2.75, 3.05) is 0 Å². The molecular formula is C28H36N6O8. The van der Waals surface area contributed by atoms with E-state index in [-0.39, 0.29) is 44.3 Å². The molecule has 5 amide bonds. The molecule has 0 aromatic heterocycles. The number of phenolic OH excluding ortho intramolecular Hbond substituents is 1. The molecule has 0 saturated carbocycles. The molecule has 11 N–H and O–H groups in total. The maximum Gasteiger partial charge on any atom is 0.326 e. The van der Waals surface area contributed by atoms with Crippen molar-refractivity contribution in [3.63, 3.8) is 0 Å². The van der Waals surface area contributed by atoms with E-state index >= 15 is 0 Å². The lowest BCUT2D eigenvalue weighted by atomic mass is 10.0. The van der Waals surface area contributed by atoms with Gasteiger partial charge in [0.1, 0.15) is 23.9 Å². The number of aliphatic carboxylic acids is 1. The second kappa shape index (κ2) is 16.3. The number of amides is 5. The van der Waals surface area contributed by atoms with Gasteiger partial charge in [0.2, 0.25) is 29.5 Å². The van der Waals surface area contributed by atoms with Crippen LogP contribution in [0.1, 0.15) is 36.8 Å². The minimum atomic E-state index is -1.50. The minimum Gasteiger partial charge on any atom is -0.508 e. The van der Waals surface area contributed by atoms with Crippen LogP contribution < -0.4 is 33.2 Å². The van der Waals surface area contributed by atoms with Gasteiger partial charge in [-0.25, -0.2) is 4.79 Å². The minimum absolute atomic E-state index is 0.0128. The lowest BCUT2D eigenvalue weighted by Crippen LogP contribution is -2.58. The maximum absolute atomic E-state index is 13.4. The molecule has 2 aromatic rings. The molecule has 14 heteroatoms. The van der Waals surface area contributed by atoms with E-state index in [1.807, 2.05) is 6.07 Å². The summed E-state index contributed by atoms with van der Waals surface area (Å²) in [7, 11) is 0. The fraction of sp³-hybridized carbons (Fsp3) is 0.357. The van der Waals surface area contributed by atoms with Crippen LogP contribution in [0.3, 0.4) is 0 Å². The summed E-state index contributed by atoms with van der Waals surface area (Å²) in [4.78, 5) is 73.6. The normalized spacial score (nSPS) is 13.5. The first-order valence-electron chi connectivity index (χ1n) is 13.1. The Kier molecular flexibility index (Phi) is 12.9. The van der Waals surface area contributed by atoms with Crippen LogP contribution in [0.15, 0.2) is 54.6 Å². The average Bonchev–Trinajstić information content (AvgIpc) is 2.93. The average molecular weight is 585 g/mol. The molecule has 0 fully saturated rings. The van der Waals surface area contributed by atoms with Crippen molar-refractivity contribution >= 4 is 35.5 Å². The molecule has 0 aliphatic rings. The van der Waals surface area contributed by atoms with Gasteiger partial charge in [-0.1, -0.05) is 42.5 Å². The van der Waals surface area contributed by atoms with Crippen molar-refractivity contribution in [1.29, 1.82) is 0 Å². The molecule has 4 unspecified atom stereocenters. The number of carbonyl (C=O) groups is 6. The Morgan fingerprint density at radius 3 is 1.67 bits per heavy atom. The number of carboxylic acid groups (broad SMARTS) is 1. The van der Waals surface area contributed by atoms with Gasteiger partial charge < -0.3 is 43.4 Å². The van der Waals surface area contributed by atoms with E-state index < -0.39 is 59.7 Å². The van der Waals surface area contributed by atoms with Crippen LogP contribution in [-0.2, 0) is 41.6 Å². The number of hydrogen-bond acceptors (Lipinski definition) is 8. The molecule has 0 aliphatic heterocycles. The van der Waals surface area contributed by atoms with Gasteiger partial charge in [-0.2, -0.15) is 0 Å². The molecular weight excluding hydrogens is 548 g/mol. The number of aromatic hydroxyl groups is 1. The van der Waals surface area contributed by atoms with E-state index in [9.17, 15) is 39.0 Å². The number of carbonyl (C=O) groups excluding carboxylic acids is 5. The van der Waals surface area contributed by atoms with E-state index in [0.29, 0.717) is 5.56 Å². The van der Waals surface area contributed by atoms with Crippen molar-refractivity contribution < 1.29 is 39.0 Å². The van der Waals surface area contributed by atoms with Crippen molar-refractivity contribution in [1.82, 2.24) is 16.0 Å². The largest absolute Gasteiger partial charge is 0.508 e. The Labute approximate surface area is 242 Å². The second-order valence-corrected chi connectivity index (χ2v) is 9.70. The third-order valence-electron chi connectivity index (χ3n) is 6.25. The highest BCUT2D eigenvalue weighted by Gasteiger charge is 2.31. The van der Waals surface area contributed by atoms with E-state index in [1.165, 1.54) is 12.1 Å². The number of carboxylic acids is 1. The van der Waals surface area contributed by atoms with Crippen LogP contribution in [0.5, 0.6) is 5.75 Å². The Morgan fingerprint density at radius 1 is 0.643 bits per heavy atom. The van der Waals surface area contributed by atoms with E-state index in [4.69, 9.17) is 17.2 Å². The summed E-state index contributed by atoms with van der Waals surface area (Å²) in [5.74, 6) is -5.41. The molecule has 14 nitrogen and oxygen atoms in total. The predicted molar refractivity (Wildman–Crippen MR) is 150 cm³/mol. The first-order chi connectivity index (χ1) is 19.8. The smallest absolute Gasteiger partial charge is 0.326 e. The molecule has 226 valence electrons. The van der Waals surface area contributed by atoms with Crippen molar-refractivity contribution in [3.05, 3.63) is 65.7 Å². The number of benzene rings is 2. The van der Waals surface area contributed by atoms with Crippen LogP contribution in [0.4, 0.5) is 0 Å². The molecule has 0 radical (unpaired) electrons. The fourth-order valence-corrected chi connectivity index (χ4v) is 3.96. The molecule has 0 heterocycles. The van der Waals surface area contributed by atoms with Gasteiger partial charge in [-0.15, -0.1) is 0 Å². The monoisotopic (exact) mass is 584 g/mol. The van der Waals surface area contributed by atoms with Crippen molar-refractivity contribution in [2.45, 2.75) is 62.7 Å². The van der Waals surface area contributed by atoms with Gasteiger partial charge in [0.05, 0.1) is 6.04 Å². The molecule has 2 aromatic carbocycles. The van der Waals surface area contributed by atoms with Crippen molar-refractivity contribution in [3.8, 4) is 5.75 Å². The molecule has 0 aliphatic carbocycles. The first-order valence-corrected chi connectivity index (χ1v) is 13.1. The molecule has 42 heavy (non-hydrogen) atoms. The summed E-state index contributed by atoms with van der Waals surface area (Å²) in [6.07, 6.45) is -1.09. The van der Waals surface area contributed by atoms with Gasteiger partial charge in [-0.05, 0) is 42.5 Å². The zero-order chi connectivity index (χ0) is 31.2. The SMILES string of the molecule is NC(=O)CCC(NC(=O)C(CCC(N)=O)NC(=O)C(Cc1ccc(O)cc1)NC(=O)C(N)Cc1ccccc1)C(=O)O. The summed E-state index contributed by atoms with van der Waals surface area (Å²) in [5.41, 5.74) is 17.7. The molecule has 0 saturated heterocycles. The highest BCUT2D eigenvalue weighted by Crippen LogP contribution is 2.13. The molecule has 0 spiro atoms. The van der Waals surface area contributed by atoms with Gasteiger partial charge >= 0.3 is 5.97 Å². The van der Waals surface area contributed by atoms with Crippen LogP contribution >= 0.6 is 0 Å². The Bertz CT molecular complexity index is 1250. The highest BCUT2D eigenvalue weighted by molar-refractivity contribution is 5.94. The quantitative estimate of drug-likeness (QED) is 0.108. The van der Waals surface area contributed by atoms with Gasteiger partial charge in [0, 0.05) is 19.3 Å². The molecule has 2 rings (SSSR count). The summed E-state index contributed by atoms with van der Waals surface area (Å²) < 4.78 is 0. The van der Waals surface area contributed by atoms with E-state index in [1.54, 1.807) is 36.4 Å². The second-order valence-electron chi connectivity index (χ2n) is 9.70. The number of nitrogens with one attached hydrogen (secondary N) is 3. The topological polar surface area (TPSA) is 257 Å².